The molecule has 1 rings (SSSR count). The third kappa shape index (κ3) is 3.16. The van der Waals surface area contributed by atoms with Crippen molar-refractivity contribution in [2.45, 2.75) is 12.0 Å². The van der Waals surface area contributed by atoms with E-state index in [2.05, 4.69) is 0 Å². The normalized spacial score (nSPS) is 13.1. The van der Waals surface area contributed by atoms with E-state index < -0.39 is 35.7 Å². The molecule has 1 aromatic carbocycles. The minimum absolute atomic E-state index is 0. The Balaban J connectivity index is 0.00000256. The number of nitrogens with two attached hydrogens (primary N) is 1. The van der Waals surface area contributed by atoms with Gasteiger partial charge < -0.3 is 15.9 Å². The summed E-state index contributed by atoms with van der Waals surface area (Å²) in [5.74, 6) is -5.70. The lowest BCUT2D eigenvalue weighted by molar-refractivity contribution is -0.0723. The molecule has 17 heavy (non-hydrogen) atoms. The number of aliphatic hydroxyl groups is 1. The van der Waals surface area contributed by atoms with Gasteiger partial charge in [-0.2, -0.15) is 0 Å². The molecule has 0 saturated carbocycles. The van der Waals surface area contributed by atoms with Crippen molar-refractivity contribution in [3.63, 3.8) is 0 Å². The molecule has 0 bridgehead atoms. The Kier molecular flexibility index (Phi) is 5.54. The Hall–Kier alpha value is -0.690. The van der Waals surface area contributed by atoms with E-state index in [1.807, 2.05) is 0 Å². The van der Waals surface area contributed by atoms with E-state index in [4.69, 9.17) is 22.4 Å². The summed E-state index contributed by atoms with van der Waals surface area (Å²) in [6.07, 6.45) is 0. The summed E-state index contributed by atoms with van der Waals surface area (Å²) in [4.78, 5) is 0. The van der Waals surface area contributed by atoms with E-state index in [0.717, 1.165) is 12.1 Å². The minimum atomic E-state index is -3.75. The average molecular weight is 292 g/mol. The second-order valence-corrected chi connectivity index (χ2v) is 3.60. The highest BCUT2D eigenvalue weighted by Crippen LogP contribution is 2.38. The summed E-state index contributed by atoms with van der Waals surface area (Å²) in [7, 11) is 0. The number of halogens is 5. The van der Waals surface area contributed by atoms with Gasteiger partial charge in [-0.05, 0) is 12.1 Å². The monoisotopic (exact) mass is 291 g/mol. The zero-order valence-corrected chi connectivity index (χ0v) is 9.90. The molecule has 1 aromatic rings. The van der Waals surface area contributed by atoms with Gasteiger partial charge in [-0.25, -0.2) is 13.2 Å². The molecule has 98 valence electrons. The van der Waals surface area contributed by atoms with Gasteiger partial charge in [0.15, 0.2) is 0 Å². The van der Waals surface area contributed by atoms with Crippen molar-refractivity contribution < 1.29 is 23.4 Å². The molecule has 0 heterocycles. The van der Waals surface area contributed by atoms with Crippen LogP contribution in [-0.2, 0) is 0 Å². The van der Waals surface area contributed by atoms with Crippen LogP contribution in [0.4, 0.5) is 13.2 Å². The molecular weight excluding hydrogens is 282 g/mol. The number of hydrogen-bond donors (Lipinski definition) is 3. The van der Waals surface area contributed by atoms with Gasteiger partial charge in [0.1, 0.15) is 24.2 Å². The van der Waals surface area contributed by atoms with Crippen molar-refractivity contribution in [1.29, 1.82) is 0 Å². The smallest absolute Gasteiger partial charge is 0.289 e. The summed E-state index contributed by atoms with van der Waals surface area (Å²) >= 11 is 5.44. The topological polar surface area (TPSA) is 66.5 Å². The van der Waals surface area contributed by atoms with Crippen LogP contribution in [0.25, 0.3) is 0 Å². The van der Waals surface area contributed by atoms with E-state index in [0.29, 0.717) is 0 Å². The Bertz CT molecular complexity index is 404. The van der Waals surface area contributed by atoms with Gasteiger partial charge >= 0.3 is 0 Å². The summed E-state index contributed by atoms with van der Waals surface area (Å²) in [6.45, 7) is -1.56. The number of rotatable bonds is 3. The summed E-state index contributed by atoms with van der Waals surface area (Å²) in [5, 5.41) is 17.5. The van der Waals surface area contributed by atoms with Crippen LogP contribution >= 0.6 is 24.0 Å². The van der Waals surface area contributed by atoms with Crippen molar-refractivity contribution in [3.8, 4) is 5.75 Å². The Morgan fingerprint density at radius 3 is 2.41 bits per heavy atom. The third-order valence-corrected chi connectivity index (χ3v) is 2.40. The maximum absolute atomic E-state index is 13.2. The number of hydrogen-bond acceptors (Lipinski definition) is 3. The molecule has 0 aliphatic rings. The predicted molar refractivity (Wildman–Crippen MR) is 59.3 cm³/mol. The van der Waals surface area contributed by atoms with Crippen LogP contribution in [-0.4, -0.2) is 22.7 Å². The van der Waals surface area contributed by atoms with Gasteiger partial charge in [0.25, 0.3) is 5.92 Å². The Morgan fingerprint density at radius 2 is 1.94 bits per heavy atom. The molecule has 0 amide bonds. The summed E-state index contributed by atoms with van der Waals surface area (Å²) < 4.78 is 39.3. The molecule has 1 atom stereocenters. The number of benzene rings is 1. The van der Waals surface area contributed by atoms with Crippen LogP contribution < -0.4 is 5.73 Å². The van der Waals surface area contributed by atoms with Gasteiger partial charge in [-0.3, -0.25) is 0 Å². The molecule has 0 aliphatic heterocycles. The summed E-state index contributed by atoms with van der Waals surface area (Å²) in [6, 6.07) is -0.347. The van der Waals surface area contributed by atoms with E-state index in [1.165, 1.54) is 0 Å². The molecule has 0 unspecified atom stereocenters. The van der Waals surface area contributed by atoms with Crippen LogP contribution in [0, 0.1) is 5.82 Å². The molecule has 3 nitrogen and oxygen atoms in total. The van der Waals surface area contributed by atoms with Crippen molar-refractivity contribution in [1.82, 2.24) is 0 Å². The van der Waals surface area contributed by atoms with E-state index >= 15 is 0 Å². The van der Waals surface area contributed by atoms with E-state index in [1.54, 1.807) is 0 Å². The zero-order valence-electron chi connectivity index (χ0n) is 8.33. The first kappa shape index (κ1) is 16.3. The second kappa shape index (κ2) is 5.77. The van der Waals surface area contributed by atoms with Crippen LogP contribution in [0.1, 0.15) is 11.6 Å². The number of phenols is 1. The molecule has 0 aromatic heterocycles. The second-order valence-electron chi connectivity index (χ2n) is 3.19. The summed E-state index contributed by atoms with van der Waals surface area (Å²) in [5.41, 5.74) is 4.27. The number of aliphatic hydroxyl groups excluding tert-OH is 1. The first-order valence-electron chi connectivity index (χ1n) is 4.22. The van der Waals surface area contributed by atoms with Gasteiger partial charge in [0.05, 0.1) is 10.6 Å². The Labute approximate surface area is 106 Å². The van der Waals surface area contributed by atoms with Gasteiger partial charge in [-0.15, -0.1) is 12.4 Å². The van der Waals surface area contributed by atoms with Gasteiger partial charge in [-0.1, -0.05) is 11.6 Å². The highest BCUT2D eigenvalue weighted by atomic mass is 35.5. The van der Waals surface area contributed by atoms with Crippen LogP contribution in [0.3, 0.4) is 0 Å². The van der Waals surface area contributed by atoms with Gasteiger partial charge in [0.2, 0.25) is 0 Å². The third-order valence-electron chi connectivity index (χ3n) is 2.09. The highest BCUT2D eigenvalue weighted by Gasteiger charge is 2.40. The number of phenolic OH excluding ortho intramolecular Hbond substituents is 1. The standard InChI is InChI=1S/C9H9ClF3NO2.ClH/c10-4-1-2-5(11)6(7(4)16)8(14)9(12,13)3-15;/h1-2,8,15-16H,3,14H2;1H/t8-;/m1./s1. The molecule has 0 spiro atoms. The molecule has 0 fully saturated rings. The van der Waals surface area contributed by atoms with Crippen molar-refractivity contribution in [2.75, 3.05) is 6.61 Å². The van der Waals surface area contributed by atoms with Crippen molar-refractivity contribution >= 4 is 24.0 Å². The fourth-order valence-electron chi connectivity index (χ4n) is 1.16. The largest absolute Gasteiger partial charge is 0.506 e. The van der Waals surface area contributed by atoms with E-state index in [-0.39, 0.29) is 17.4 Å². The first-order valence-corrected chi connectivity index (χ1v) is 4.60. The van der Waals surface area contributed by atoms with E-state index in [9.17, 15) is 18.3 Å². The highest BCUT2D eigenvalue weighted by molar-refractivity contribution is 6.32. The average Bonchev–Trinajstić information content (AvgIpc) is 2.24. The molecular formula is C9H10Cl2F3NO2. The molecule has 8 heteroatoms. The number of alkyl halides is 2. The maximum Gasteiger partial charge on any atom is 0.289 e. The van der Waals surface area contributed by atoms with Crippen LogP contribution in [0.2, 0.25) is 5.02 Å². The predicted octanol–water partition coefficient (Wildman–Crippen LogP) is 2.23. The molecule has 4 N–H and O–H groups in total. The quantitative estimate of drug-likeness (QED) is 0.800. The molecule has 0 radical (unpaired) electrons. The lowest BCUT2D eigenvalue weighted by Gasteiger charge is -2.23. The minimum Gasteiger partial charge on any atom is -0.506 e. The van der Waals surface area contributed by atoms with Crippen molar-refractivity contribution in [2.24, 2.45) is 5.73 Å². The zero-order chi connectivity index (χ0) is 12.5. The maximum atomic E-state index is 13.2. The van der Waals surface area contributed by atoms with Gasteiger partial charge in [0, 0.05) is 0 Å². The Morgan fingerprint density at radius 1 is 1.41 bits per heavy atom. The lowest BCUT2D eigenvalue weighted by atomic mass is 10.0. The first-order chi connectivity index (χ1) is 7.31. The van der Waals surface area contributed by atoms with Crippen LogP contribution in [0.5, 0.6) is 5.75 Å². The molecule has 0 saturated heterocycles. The van der Waals surface area contributed by atoms with Crippen molar-refractivity contribution in [3.05, 3.63) is 28.5 Å². The SMILES string of the molecule is Cl.N[C@H](c1c(F)ccc(Cl)c1O)C(F)(F)CO. The number of aromatic hydroxyl groups is 1. The fourth-order valence-corrected chi connectivity index (χ4v) is 1.33. The fraction of sp³-hybridized carbons (Fsp3) is 0.333. The van der Waals surface area contributed by atoms with Crippen LogP contribution in [0.15, 0.2) is 12.1 Å². The molecule has 0 aliphatic carbocycles. The lowest BCUT2D eigenvalue weighted by Crippen LogP contribution is -2.36.